The van der Waals surface area contributed by atoms with Crippen molar-refractivity contribution in [3.8, 4) is 0 Å². The van der Waals surface area contributed by atoms with Crippen LogP contribution in [0, 0.1) is 0 Å². The Kier molecular flexibility index (Phi) is 6.00. The van der Waals surface area contributed by atoms with Crippen molar-refractivity contribution in [1.82, 2.24) is 15.2 Å². The molecule has 1 unspecified atom stereocenters. The highest BCUT2D eigenvalue weighted by Gasteiger charge is 2.23. The van der Waals surface area contributed by atoms with E-state index in [1.165, 1.54) is 11.1 Å². The van der Waals surface area contributed by atoms with Crippen LogP contribution < -0.4 is 5.32 Å². The fourth-order valence-corrected chi connectivity index (χ4v) is 2.80. The number of halogens is 2. The largest absolute Gasteiger partial charge is 0.314 e. The molecule has 1 atom stereocenters. The van der Waals surface area contributed by atoms with Crippen molar-refractivity contribution in [3.63, 3.8) is 0 Å². The molecule has 0 bridgehead atoms. The summed E-state index contributed by atoms with van der Waals surface area (Å²) in [6, 6.07) is 12.7. The minimum absolute atomic E-state index is 0. The van der Waals surface area contributed by atoms with Gasteiger partial charge in [-0.3, -0.25) is 9.88 Å². The lowest BCUT2D eigenvalue weighted by Crippen LogP contribution is -2.45. The normalized spacial score (nSPS) is 19.0. The summed E-state index contributed by atoms with van der Waals surface area (Å²) in [7, 11) is 0. The van der Waals surface area contributed by atoms with Crippen LogP contribution in [0.3, 0.4) is 0 Å². The van der Waals surface area contributed by atoms with Gasteiger partial charge in [0.15, 0.2) is 0 Å². The van der Waals surface area contributed by atoms with E-state index in [4.69, 9.17) is 11.6 Å². The zero-order valence-electron chi connectivity index (χ0n) is 11.7. The summed E-state index contributed by atoms with van der Waals surface area (Å²) < 4.78 is 0. The second kappa shape index (κ2) is 7.76. The lowest BCUT2D eigenvalue weighted by molar-refractivity contribution is 0.153. The standard InChI is InChI=1S/C16H18ClN3.ClH/c17-15-3-1-13(2-4-15)12-20-10-9-19-11-16(20)14-5-7-18-8-6-14;/h1-8,16,19H,9-12H2;1H. The van der Waals surface area contributed by atoms with Crippen LogP contribution in [0.4, 0.5) is 0 Å². The molecule has 21 heavy (non-hydrogen) atoms. The van der Waals surface area contributed by atoms with Crippen LogP contribution in [0.5, 0.6) is 0 Å². The molecular weight excluding hydrogens is 305 g/mol. The molecule has 5 heteroatoms. The van der Waals surface area contributed by atoms with E-state index in [1.54, 1.807) is 0 Å². The molecule has 1 fully saturated rings. The molecule has 112 valence electrons. The van der Waals surface area contributed by atoms with Gasteiger partial charge in [-0.05, 0) is 35.4 Å². The predicted octanol–water partition coefficient (Wildman–Crippen LogP) is 3.30. The van der Waals surface area contributed by atoms with Crippen LogP contribution in [0.25, 0.3) is 0 Å². The summed E-state index contributed by atoms with van der Waals surface area (Å²) in [5, 5.41) is 4.27. The summed E-state index contributed by atoms with van der Waals surface area (Å²) in [5.41, 5.74) is 2.62. The fourth-order valence-electron chi connectivity index (χ4n) is 2.67. The fraction of sp³-hybridized carbons (Fsp3) is 0.312. The Bertz CT molecular complexity index is 545. The number of nitrogens with one attached hydrogen (secondary N) is 1. The second-order valence-corrected chi connectivity index (χ2v) is 5.53. The van der Waals surface area contributed by atoms with Gasteiger partial charge in [0.25, 0.3) is 0 Å². The van der Waals surface area contributed by atoms with Crippen LogP contribution in [0.1, 0.15) is 17.2 Å². The number of nitrogens with zero attached hydrogens (tertiary/aromatic N) is 2. The number of piperazine rings is 1. The van der Waals surface area contributed by atoms with Gasteiger partial charge in [0, 0.05) is 49.6 Å². The van der Waals surface area contributed by atoms with Gasteiger partial charge in [-0.15, -0.1) is 12.4 Å². The molecule has 0 spiro atoms. The van der Waals surface area contributed by atoms with Crippen molar-refractivity contribution in [3.05, 3.63) is 64.9 Å². The summed E-state index contributed by atoms with van der Waals surface area (Å²) in [4.78, 5) is 6.61. The number of hydrogen-bond acceptors (Lipinski definition) is 3. The lowest BCUT2D eigenvalue weighted by atomic mass is 10.0. The van der Waals surface area contributed by atoms with Gasteiger partial charge in [-0.25, -0.2) is 0 Å². The Morgan fingerprint density at radius 3 is 2.57 bits per heavy atom. The smallest absolute Gasteiger partial charge is 0.0477 e. The zero-order valence-corrected chi connectivity index (χ0v) is 13.3. The zero-order chi connectivity index (χ0) is 13.8. The number of rotatable bonds is 3. The second-order valence-electron chi connectivity index (χ2n) is 5.10. The third kappa shape index (κ3) is 4.17. The van der Waals surface area contributed by atoms with E-state index >= 15 is 0 Å². The Hall–Kier alpha value is -1.13. The highest BCUT2D eigenvalue weighted by atomic mass is 35.5. The maximum Gasteiger partial charge on any atom is 0.0477 e. The molecule has 1 aromatic heterocycles. The minimum atomic E-state index is 0. The molecule has 0 radical (unpaired) electrons. The SMILES string of the molecule is Cl.Clc1ccc(CN2CCNCC2c2ccncc2)cc1. The molecule has 2 heterocycles. The first-order chi connectivity index (χ1) is 9.83. The molecule has 3 rings (SSSR count). The average molecular weight is 324 g/mol. The minimum Gasteiger partial charge on any atom is -0.314 e. The highest BCUT2D eigenvalue weighted by Crippen LogP contribution is 2.24. The van der Waals surface area contributed by atoms with Gasteiger partial charge in [-0.2, -0.15) is 0 Å². The van der Waals surface area contributed by atoms with E-state index < -0.39 is 0 Å². The first kappa shape index (κ1) is 16.2. The summed E-state index contributed by atoms with van der Waals surface area (Å²) in [5.74, 6) is 0. The molecule has 3 nitrogen and oxygen atoms in total. The molecule has 1 aliphatic heterocycles. The van der Waals surface area contributed by atoms with Gasteiger partial charge in [-0.1, -0.05) is 23.7 Å². The Morgan fingerprint density at radius 2 is 1.86 bits per heavy atom. The summed E-state index contributed by atoms with van der Waals surface area (Å²) >= 11 is 5.95. The first-order valence-corrected chi connectivity index (χ1v) is 7.30. The van der Waals surface area contributed by atoms with Crippen LogP contribution >= 0.6 is 24.0 Å². The maximum absolute atomic E-state index is 5.95. The number of pyridine rings is 1. The number of benzene rings is 1. The molecule has 1 aromatic carbocycles. The molecular formula is C16H19Cl2N3. The highest BCUT2D eigenvalue weighted by molar-refractivity contribution is 6.30. The van der Waals surface area contributed by atoms with Crippen LogP contribution in [-0.4, -0.2) is 29.5 Å². The molecule has 1 saturated heterocycles. The van der Waals surface area contributed by atoms with Gasteiger partial charge in [0.05, 0.1) is 0 Å². The summed E-state index contributed by atoms with van der Waals surface area (Å²) in [6.45, 7) is 4.02. The van der Waals surface area contributed by atoms with E-state index in [0.29, 0.717) is 6.04 Å². The van der Waals surface area contributed by atoms with Crippen molar-refractivity contribution in [1.29, 1.82) is 0 Å². The van der Waals surface area contributed by atoms with Crippen molar-refractivity contribution in [2.75, 3.05) is 19.6 Å². The Morgan fingerprint density at radius 1 is 1.14 bits per heavy atom. The van der Waals surface area contributed by atoms with Gasteiger partial charge in [0.2, 0.25) is 0 Å². The monoisotopic (exact) mass is 323 g/mol. The van der Waals surface area contributed by atoms with E-state index in [-0.39, 0.29) is 12.4 Å². The van der Waals surface area contributed by atoms with Crippen LogP contribution in [0.15, 0.2) is 48.8 Å². The third-order valence-electron chi connectivity index (χ3n) is 3.74. The molecule has 0 aliphatic carbocycles. The van der Waals surface area contributed by atoms with E-state index in [2.05, 4.69) is 39.5 Å². The van der Waals surface area contributed by atoms with Crippen molar-refractivity contribution in [2.45, 2.75) is 12.6 Å². The maximum atomic E-state index is 5.95. The van der Waals surface area contributed by atoms with Crippen LogP contribution in [-0.2, 0) is 6.54 Å². The predicted molar refractivity (Wildman–Crippen MR) is 89.0 cm³/mol. The number of hydrogen-bond donors (Lipinski definition) is 1. The first-order valence-electron chi connectivity index (χ1n) is 6.92. The molecule has 1 N–H and O–H groups in total. The van der Waals surface area contributed by atoms with E-state index in [0.717, 1.165) is 31.2 Å². The van der Waals surface area contributed by atoms with Crippen molar-refractivity contribution in [2.24, 2.45) is 0 Å². The Labute approximate surface area is 136 Å². The average Bonchev–Trinajstić information content (AvgIpc) is 2.51. The quantitative estimate of drug-likeness (QED) is 0.939. The summed E-state index contributed by atoms with van der Waals surface area (Å²) in [6.07, 6.45) is 3.73. The van der Waals surface area contributed by atoms with E-state index in [1.807, 2.05) is 24.5 Å². The van der Waals surface area contributed by atoms with Gasteiger partial charge >= 0.3 is 0 Å². The van der Waals surface area contributed by atoms with Gasteiger partial charge in [0.1, 0.15) is 0 Å². The third-order valence-corrected chi connectivity index (χ3v) is 4.00. The number of aromatic nitrogens is 1. The molecule has 0 saturated carbocycles. The van der Waals surface area contributed by atoms with Crippen molar-refractivity contribution >= 4 is 24.0 Å². The van der Waals surface area contributed by atoms with Crippen molar-refractivity contribution < 1.29 is 0 Å². The van der Waals surface area contributed by atoms with E-state index in [9.17, 15) is 0 Å². The lowest BCUT2D eigenvalue weighted by Gasteiger charge is -2.36. The molecule has 0 amide bonds. The molecule has 2 aromatic rings. The Balaban J connectivity index is 0.00000161. The van der Waals surface area contributed by atoms with Gasteiger partial charge < -0.3 is 5.32 Å². The topological polar surface area (TPSA) is 28.2 Å². The molecule has 1 aliphatic rings. The van der Waals surface area contributed by atoms with Crippen LogP contribution in [0.2, 0.25) is 5.02 Å².